The summed E-state index contributed by atoms with van der Waals surface area (Å²) in [5.41, 5.74) is 1.17. The van der Waals surface area contributed by atoms with Crippen molar-refractivity contribution in [1.29, 1.82) is 0 Å². The lowest BCUT2D eigenvalue weighted by Crippen LogP contribution is -2.58. The number of carbonyl (C=O) groups is 3. The van der Waals surface area contributed by atoms with Crippen molar-refractivity contribution in [3.05, 3.63) is 42.3 Å². The average molecular weight is 794 g/mol. The van der Waals surface area contributed by atoms with Crippen LogP contribution in [0.15, 0.2) is 42.3 Å². The van der Waals surface area contributed by atoms with Gasteiger partial charge in [0.25, 0.3) is 0 Å². The van der Waals surface area contributed by atoms with E-state index >= 15 is 0 Å². The number of nitrogens with zero attached hydrogens (tertiary/aromatic N) is 3. The van der Waals surface area contributed by atoms with Gasteiger partial charge in [-0.1, -0.05) is 31.4 Å². The molecule has 6 rings (SSSR count). The van der Waals surface area contributed by atoms with Gasteiger partial charge in [0.2, 0.25) is 17.1 Å². The summed E-state index contributed by atoms with van der Waals surface area (Å²) >= 11 is 1.48. The first-order chi connectivity index (χ1) is 26.1. The Hall–Kier alpha value is -4.29. The number of thiazole rings is 1. The lowest BCUT2D eigenvalue weighted by molar-refractivity contribution is -0.142. The molecule has 3 heterocycles. The number of carbonyl (C=O) groups excluding carboxylic acids is 3. The van der Waals surface area contributed by atoms with Gasteiger partial charge in [0.05, 0.1) is 30.8 Å². The molecule has 3 aliphatic rings. The maximum atomic E-state index is 14.7. The molecular formula is C40H54N6O7PS+. The molecule has 1 aliphatic heterocycles. The number of amides is 3. The fourth-order valence-electron chi connectivity index (χ4n) is 7.54. The Balaban J connectivity index is 1.33. The molecule has 2 aromatic heterocycles. The van der Waals surface area contributed by atoms with E-state index in [0.29, 0.717) is 41.0 Å². The number of pyridine rings is 1. The van der Waals surface area contributed by atoms with Crippen molar-refractivity contribution in [2.24, 2.45) is 11.3 Å². The summed E-state index contributed by atoms with van der Waals surface area (Å²) in [6, 6.07) is 5.60. The standard InChI is InChI=1S/C40H53N6O7PS/c1-9-24-20-40(24,54(50)10-2)45-35(47)32-18-27(21-46(32)36(48)34(39(5,6)7)44-38(49)53-25-13-11-12-14-25)52-33-19-30(31-22-55-37(43-31)41-23(3)4)42-29-17-26(51-8)15-16-28(29)33/h9,15-17,19,22-25,27,32,34H,1,10-14,18,20-21H2,2-8H3,(H2-,41,43,44,45,47,49)/p+1/t24-,27-,32+,34-,40+/m1/s1. The fraction of sp³-hybridized carbons (Fsp3) is 0.575. The molecule has 3 amide bonds. The molecule has 3 aromatic rings. The largest absolute Gasteiger partial charge is 0.497 e. The normalized spacial score (nSPS) is 23.3. The molecule has 2 saturated carbocycles. The van der Waals surface area contributed by atoms with Gasteiger partial charge in [-0.2, -0.15) is 0 Å². The van der Waals surface area contributed by atoms with E-state index in [1.54, 1.807) is 13.2 Å². The highest BCUT2D eigenvalue weighted by Crippen LogP contribution is 2.60. The maximum Gasteiger partial charge on any atom is 0.408 e. The molecule has 6 atom stereocenters. The van der Waals surface area contributed by atoms with E-state index in [2.05, 4.69) is 22.5 Å². The van der Waals surface area contributed by atoms with Crippen LogP contribution in [0.4, 0.5) is 9.93 Å². The highest BCUT2D eigenvalue weighted by atomic mass is 32.1. The van der Waals surface area contributed by atoms with Crippen LogP contribution in [0.25, 0.3) is 22.3 Å². The fourth-order valence-corrected chi connectivity index (χ4v) is 10.1. The molecule has 296 valence electrons. The maximum absolute atomic E-state index is 14.7. The third kappa shape index (κ3) is 8.91. The van der Waals surface area contributed by atoms with Crippen LogP contribution < -0.4 is 25.4 Å². The van der Waals surface area contributed by atoms with Gasteiger partial charge in [-0.25, -0.2) is 14.8 Å². The van der Waals surface area contributed by atoms with E-state index in [9.17, 15) is 18.9 Å². The Morgan fingerprint density at radius 3 is 2.51 bits per heavy atom. The minimum absolute atomic E-state index is 0.0646. The third-order valence-corrected chi connectivity index (χ3v) is 13.5. The number of hydrogen-bond acceptors (Lipinski definition) is 11. The van der Waals surface area contributed by atoms with Gasteiger partial charge in [-0.3, -0.25) is 9.59 Å². The first kappa shape index (κ1) is 40.4. The molecule has 13 nitrogen and oxygen atoms in total. The van der Waals surface area contributed by atoms with E-state index in [0.717, 1.165) is 36.2 Å². The number of methoxy groups -OCH3 is 1. The van der Waals surface area contributed by atoms with Gasteiger partial charge in [0, 0.05) is 41.8 Å². The van der Waals surface area contributed by atoms with Crippen molar-refractivity contribution in [3.8, 4) is 22.9 Å². The summed E-state index contributed by atoms with van der Waals surface area (Å²) in [6.45, 7) is 15.5. The number of benzene rings is 1. The van der Waals surface area contributed by atoms with Crippen LogP contribution in [0, 0.1) is 11.3 Å². The third-order valence-electron chi connectivity index (χ3n) is 10.6. The lowest BCUT2D eigenvalue weighted by atomic mass is 9.85. The van der Waals surface area contributed by atoms with Crippen molar-refractivity contribution in [2.45, 2.75) is 116 Å². The monoisotopic (exact) mass is 793 g/mol. The van der Waals surface area contributed by atoms with Crippen molar-refractivity contribution in [3.63, 3.8) is 0 Å². The molecule has 1 unspecified atom stereocenters. The van der Waals surface area contributed by atoms with Gasteiger partial charge >= 0.3 is 13.9 Å². The van der Waals surface area contributed by atoms with Crippen LogP contribution in [0.5, 0.6) is 11.5 Å². The SMILES string of the molecule is C=C[C@@H]1C[C@]1(NC(=O)[C@@H]1C[C@@H](Oc2cc(-c3csc(NC(C)C)n3)nc3cc(OC)ccc23)CN1C(=O)[C@@H](NC(=O)OC1CCCC1)C(C)(C)C)[P+](=O)CC. The summed E-state index contributed by atoms with van der Waals surface area (Å²) in [7, 11) is -0.181. The number of rotatable bonds is 14. The number of likely N-dealkylation sites (tertiary alicyclic amines) is 1. The minimum Gasteiger partial charge on any atom is -0.497 e. The molecular weight excluding hydrogens is 740 g/mol. The van der Waals surface area contributed by atoms with E-state index in [-0.39, 0.29) is 31.0 Å². The van der Waals surface area contributed by atoms with Crippen LogP contribution in [-0.4, -0.2) is 88.2 Å². The Kier molecular flexibility index (Phi) is 12.1. The second-order valence-corrected chi connectivity index (χ2v) is 19.2. The molecule has 15 heteroatoms. The molecule has 1 saturated heterocycles. The predicted molar refractivity (Wildman–Crippen MR) is 215 cm³/mol. The van der Waals surface area contributed by atoms with Gasteiger partial charge in [0.15, 0.2) is 5.13 Å². The Bertz CT molecular complexity index is 1940. The molecule has 0 bridgehead atoms. The second kappa shape index (κ2) is 16.4. The number of fused-ring (bicyclic) bond motifs is 1. The summed E-state index contributed by atoms with van der Waals surface area (Å²) < 4.78 is 31.3. The molecule has 55 heavy (non-hydrogen) atoms. The minimum atomic E-state index is -1.77. The number of hydrogen-bond donors (Lipinski definition) is 3. The summed E-state index contributed by atoms with van der Waals surface area (Å²) in [4.78, 5) is 53.4. The van der Waals surface area contributed by atoms with E-state index in [1.165, 1.54) is 16.2 Å². The highest BCUT2D eigenvalue weighted by molar-refractivity contribution is 7.47. The van der Waals surface area contributed by atoms with Crippen LogP contribution in [0.1, 0.15) is 80.1 Å². The van der Waals surface area contributed by atoms with Gasteiger partial charge in [-0.05, 0) is 64.0 Å². The van der Waals surface area contributed by atoms with Crippen LogP contribution in [0.2, 0.25) is 0 Å². The van der Waals surface area contributed by atoms with Crippen LogP contribution in [0.3, 0.4) is 0 Å². The first-order valence-corrected chi connectivity index (χ1v) is 21.5. The zero-order chi connectivity index (χ0) is 39.7. The lowest BCUT2D eigenvalue weighted by Gasteiger charge is -2.35. The van der Waals surface area contributed by atoms with Crippen molar-refractivity contribution >= 4 is 53.1 Å². The van der Waals surface area contributed by atoms with Crippen molar-refractivity contribution in [2.75, 3.05) is 25.1 Å². The molecule has 0 radical (unpaired) electrons. The predicted octanol–water partition coefficient (Wildman–Crippen LogP) is 7.48. The molecule has 3 fully saturated rings. The van der Waals surface area contributed by atoms with E-state index < -0.39 is 54.6 Å². The van der Waals surface area contributed by atoms with Crippen molar-refractivity contribution in [1.82, 2.24) is 25.5 Å². The number of ether oxygens (including phenoxy) is 3. The topological polar surface area (TPSA) is 161 Å². The van der Waals surface area contributed by atoms with Gasteiger partial charge in [0.1, 0.15) is 47.6 Å². The zero-order valence-corrected chi connectivity index (χ0v) is 34.6. The molecule has 2 aliphatic carbocycles. The first-order valence-electron chi connectivity index (χ1n) is 19.2. The Morgan fingerprint density at radius 1 is 1.13 bits per heavy atom. The highest BCUT2D eigenvalue weighted by Gasteiger charge is 2.68. The van der Waals surface area contributed by atoms with Gasteiger partial charge < -0.3 is 35.1 Å². The smallest absolute Gasteiger partial charge is 0.408 e. The second-order valence-electron chi connectivity index (χ2n) is 16.1. The Labute approximate surface area is 328 Å². The number of anilines is 1. The van der Waals surface area contributed by atoms with Gasteiger partial charge in [-0.15, -0.1) is 17.9 Å². The van der Waals surface area contributed by atoms with Crippen LogP contribution >= 0.6 is 19.1 Å². The summed E-state index contributed by atoms with van der Waals surface area (Å²) in [6.07, 6.45) is 4.91. The molecule has 3 N–H and O–H groups in total. The summed E-state index contributed by atoms with van der Waals surface area (Å²) in [5.74, 6) is 0.164. The quantitative estimate of drug-likeness (QED) is 0.110. The van der Waals surface area contributed by atoms with E-state index in [4.69, 9.17) is 24.2 Å². The molecule has 1 aromatic carbocycles. The van der Waals surface area contributed by atoms with Crippen molar-refractivity contribution < 1.29 is 33.2 Å². The number of alkyl carbamates (subject to hydrolysis) is 1. The van der Waals surface area contributed by atoms with Crippen LogP contribution in [-0.2, 0) is 18.9 Å². The number of aromatic nitrogens is 2. The number of nitrogens with one attached hydrogen (secondary N) is 3. The summed E-state index contributed by atoms with van der Waals surface area (Å²) in [5, 5.41) is 11.8. The van der Waals surface area contributed by atoms with E-state index in [1.807, 2.05) is 71.2 Å². The average Bonchev–Trinajstić information content (AvgIpc) is 3.56. The zero-order valence-electron chi connectivity index (χ0n) is 32.8. The molecule has 0 spiro atoms. The Morgan fingerprint density at radius 2 is 1.87 bits per heavy atom.